The lowest BCUT2D eigenvalue weighted by Crippen LogP contribution is -2.31. The van der Waals surface area contributed by atoms with Crippen LogP contribution in [0.25, 0.3) is 0 Å². The molecule has 4 rings (SSSR count). The van der Waals surface area contributed by atoms with Gasteiger partial charge in [-0.3, -0.25) is 4.79 Å². The summed E-state index contributed by atoms with van der Waals surface area (Å²) in [5.74, 6) is 1.28. The average Bonchev–Trinajstić information content (AvgIpc) is 3.01. The van der Waals surface area contributed by atoms with Crippen LogP contribution in [0, 0.1) is 0 Å². The smallest absolute Gasteiger partial charge is 0.248 e. The lowest BCUT2D eigenvalue weighted by molar-refractivity contribution is -0.116. The normalized spacial score (nSPS) is 20.3. The van der Waals surface area contributed by atoms with E-state index >= 15 is 0 Å². The van der Waals surface area contributed by atoms with Gasteiger partial charge < -0.3 is 5.32 Å². The van der Waals surface area contributed by atoms with E-state index in [1.165, 1.54) is 5.56 Å². The Kier molecular flexibility index (Phi) is 3.25. The van der Waals surface area contributed by atoms with Crippen molar-refractivity contribution in [3.05, 3.63) is 46.7 Å². The number of fused-ring (bicyclic) bond motifs is 1. The first kappa shape index (κ1) is 14.1. The predicted molar refractivity (Wildman–Crippen MR) is 86.0 cm³/mol. The summed E-state index contributed by atoms with van der Waals surface area (Å²) in [4.78, 5) is 12.5. The van der Waals surface area contributed by atoms with Crippen LogP contribution in [0.3, 0.4) is 0 Å². The molecular weight excluding hydrogens is 290 g/mol. The van der Waals surface area contributed by atoms with E-state index in [4.69, 9.17) is 0 Å². The summed E-state index contributed by atoms with van der Waals surface area (Å²) in [7, 11) is 0. The molecule has 0 amide bonds. The summed E-state index contributed by atoms with van der Waals surface area (Å²) in [5, 5.41) is 15.1. The van der Waals surface area contributed by atoms with E-state index in [1.54, 1.807) is 4.68 Å². The van der Waals surface area contributed by atoms with Crippen molar-refractivity contribution < 1.29 is 4.79 Å². The Morgan fingerprint density at radius 3 is 2.74 bits per heavy atom. The first-order valence-electron chi connectivity index (χ1n) is 8.06. The van der Waals surface area contributed by atoms with E-state index in [9.17, 15) is 4.79 Å². The molecule has 1 aliphatic heterocycles. The molecule has 0 bridgehead atoms. The van der Waals surface area contributed by atoms with Crippen LogP contribution >= 0.6 is 0 Å². The van der Waals surface area contributed by atoms with Gasteiger partial charge in [-0.05, 0) is 40.3 Å². The van der Waals surface area contributed by atoms with Gasteiger partial charge in [-0.1, -0.05) is 43.2 Å². The van der Waals surface area contributed by atoms with Crippen molar-refractivity contribution in [1.82, 2.24) is 20.2 Å². The van der Waals surface area contributed by atoms with Crippen LogP contribution in [-0.2, 0) is 4.79 Å². The molecule has 0 fully saturated rings. The average molecular weight is 309 g/mol. The number of allylic oxidation sites excluding steroid dienone is 2. The molecule has 1 unspecified atom stereocenters. The molecule has 6 nitrogen and oxygen atoms in total. The molecule has 6 heteroatoms. The van der Waals surface area contributed by atoms with Crippen LogP contribution in [0.2, 0.25) is 0 Å². The fraction of sp³-hybridized carbons (Fsp3) is 0.412. The van der Waals surface area contributed by atoms with E-state index in [0.717, 1.165) is 29.7 Å². The highest BCUT2D eigenvalue weighted by Crippen LogP contribution is 2.39. The summed E-state index contributed by atoms with van der Waals surface area (Å²) < 4.78 is 1.71. The minimum atomic E-state index is -0.231. The zero-order valence-corrected chi connectivity index (χ0v) is 13.3. The number of hydrogen-bond acceptors (Lipinski definition) is 5. The number of Topliss-reactive ketones (excluding diaryl/α,β-unsaturated/α-hetero) is 1. The maximum atomic E-state index is 12.5. The predicted octanol–water partition coefficient (Wildman–Crippen LogP) is 2.82. The number of carbonyl (C=O) groups excluding carboxylic acids is 1. The maximum absolute atomic E-state index is 12.5. The molecular formula is C17H19N5O. The third-order valence-electron chi connectivity index (χ3n) is 4.65. The van der Waals surface area contributed by atoms with Gasteiger partial charge in [-0.15, -0.1) is 0 Å². The number of nitrogens with one attached hydrogen (secondary N) is 1. The van der Waals surface area contributed by atoms with Gasteiger partial charge in [0.25, 0.3) is 0 Å². The summed E-state index contributed by atoms with van der Waals surface area (Å²) in [6.45, 7) is 4.34. The second-order valence-corrected chi connectivity index (χ2v) is 6.46. The molecule has 2 aliphatic rings. The molecule has 1 aromatic heterocycles. The van der Waals surface area contributed by atoms with Crippen LogP contribution in [0.5, 0.6) is 0 Å². The molecule has 1 atom stereocenters. The van der Waals surface area contributed by atoms with Gasteiger partial charge in [0.2, 0.25) is 5.95 Å². The topological polar surface area (TPSA) is 72.7 Å². The lowest BCUT2D eigenvalue weighted by Gasteiger charge is -2.31. The Hall–Kier alpha value is -2.50. The van der Waals surface area contributed by atoms with Crippen molar-refractivity contribution in [3.8, 4) is 0 Å². The Balaban J connectivity index is 1.84. The van der Waals surface area contributed by atoms with Crippen molar-refractivity contribution in [2.45, 2.75) is 45.1 Å². The summed E-state index contributed by atoms with van der Waals surface area (Å²) in [5.41, 5.74) is 4.12. The molecule has 0 saturated carbocycles. The van der Waals surface area contributed by atoms with Crippen molar-refractivity contribution in [2.75, 3.05) is 5.32 Å². The second kappa shape index (κ2) is 5.30. The molecule has 1 aliphatic carbocycles. The summed E-state index contributed by atoms with van der Waals surface area (Å²) >= 11 is 0. The van der Waals surface area contributed by atoms with Gasteiger partial charge >= 0.3 is 0 Å². The molecule has 0 spiro atoms. The van der Waals surface area contributed by atoms with E-state index < -0.39 is 0 Å². The van der Waals surface area contributed by atoms with Gasteiger partial charge in [-0.2, -0.15) is 4.68 Å². The molecule has 1 aromatic carbocycles. The second-order valence-electron chi connectivity index (χ2n) is 6.46. The number of nitrogens with zero attached hydrogens (tertiary/aromatic N) is 4. The fourth-order valence-corrected chi connectivity index (χ4v) is 3.39. The molecule has 23 heavy (non-hydrogen) atoms. The summed E-state index contributed by atoms with van der Waals surface area (Å²) in [6.07, 6.45) is 2.35. The monoisotopic (exact) mass is 309 g/mol. The Bertz CT molecular complexity index is 788. The first-order valence-corrected chi connectivity index (χ1v) is 8.06. The number of benzene rings is 1. The number of carbonyl (C=O) groups is 1. The van der Waals surface area contributed by atoms with Crippen molar-refractivity contribution >= 4 is 11.7 Å². The highest BCUT2D eigenvalue weighted by Gasteiger charge is 2.36. The van der Waals surface area contributed by atoms with Crippen LogP contribution < -0.4 is 5.32 Å². The van der Waals surface area contributed by atoms with Crippen LogP contribution in [-0.4, -0.2) is 26.0 Å². The fourth-order valence-electron chi connectivity index (χ4n) is 3.39. The maximum Gasteiger partial charge on any atom is 0.248 e. The number of aromatic nitrogens is 4. The van der Waals surface area contributed by atoms with E-state index in [1.807, 2.05) is 0 Å². The zero-order chi connectivity index (χ0) is 16.0. The van der Waals surface area contributed by atoms with Crippen molar-refractivity contribution in [2.24, 2.45) is 0 Å². The molecule has 0 saturated heterocycles. The number of tetrazole rings is 1. The zero-order valence-electron chi connectivity index (χ0n) is 13.3. The molecule has 1 N–H and O–H groups in total. The van der Waals surface area contributed by atoms with Crippen LogP contribution in [0.15, 0.2) is 35.5 Å². The standard InChI is InChI=1S/C17H19N5O/c1-10(2)11-6-8-12(9-7-11)16-15-13(4-3-5-14(15)23)18-17-19-20-21-22(16)17/h6-10,16H,3-5H2,1-2H3,(H,18,19,21). The highest BCUT2D eigenvalue weighted by atomic mass is 16.1. The Morgan fingerprint density at radius 1 is 1.22 bits per heavy atom. The SMILES string of the molecule is CC(C)c1ccc(C2C3=C(CCCC3=O)Nc3nnnn32)cc1. The van der Waals surface area contributed by atoms with Gasteiger partial charge in [0, 0.05) is 17.7 Å². The number of rotatable bonds is 2. The van der Waals surface area contributed by atoms with Gasteiger partial charge in [0.15, 0.2) is 5.78 Å². The van der Waals surface area contributed by atoms with E-state index in [2.05, 4.69) is 59.0 Å². The van der Waals surface area contributed by atoms with Gasteiger partial charge in [0.05, 0.1) is 0 Å². The van der Waals surface area contributed by atoms with Gasteiger partial charge in [0.1, 0.15) is 6.04 Å². The quantitative estimate of drug-likeness (QED) is 0.923. The summed E-state index contributed by atoms with van der Waals surface area (Å²) in [6, 6.07) is 8.19. The number of anilines is 1. The third kappa shape index (κ3) is 2.25. The molecule has 2 aromatic rings. The van der Waals surface area contributed by atoms with Gasteiger partial charge in [-0.25, -0.2) is 0 Å². The van der Waals surface area contributed by atoms with Crippen molar-refractivity contribution in [1.29, 1.82) is 0 Å². The van der Waals surface area contributed by atoms with E-state index in [0.29, 0.717) is 18.3 Å². The lowest BCUT2D eigenvalue weighted by atomic mass is 9.85. The minimum Gasteiger partial charge on any atom is -0.326 e. The van der Waals surface area contributed by atoms with Crippen LogP contribution in [0.4, 0.5) is 5.95 Å². The first-order chi connectivity index (χ1) is 11.1. The molecule has 2 heterocycles. The number of hydrogen-bond donors (Lipinski definition) is 1. The Labute approximate surface area is 134 Å². The molecule has 118 valence electrons. The molecule has 0 radical (unpaired) electrons. The van der Waals surface area contributed by atoms with Crippen LogP contribution in [0.1, 0.15) is 56.2 Å². The number of ketones is 1. The Morgan fingerprint density at radius 2 is 2.00 bits per heavy atom. The third-order valence-corrected chi connectivity index (χ3v) is 4.65. The van der Waals surface area contributed by atoms with E-state index in [-0.39, 0.29) is 11.8 Å². The minimum absolute atomic E-state index is 0.192. The highest BCUT2D eigenvalue weighted by molar-refractivity contribution is 5.99. The largest absolute Gasteiger partial charge is 0.326 e. The van der Waals surface area contributed by atoms with Crippen molar-refractivity contribution in [3.63, 3.8) is 0 Å².